The maximum atomic E-state index is 15.1. The van der Waals surface area contributed by atoms with Gasteiger partial charge < -0.3 is 9.64 Å². The zero-order chi connectivity index (χ0) is 27.5. The molecular weight excluding hydrogens is 520 g/mol. The molecule has 3 aromatic heterocycles. The number of ether oxygens (including phenoxy) is 1. The summed E-state index contributed by atoms with van der Waals surface area (Å²) in [6.45, 7) is 1.41. The first-order chi connectivity index (χ1) is 18.6. The summed E-state index contributed by atoms with van der Waals surface area (Å²) >= 11 is 0. The van der Waals surface area contributed by atoms with E-state index >= 15 is 4.39 Å². The highest BCUT2D eigenvalue weighted by molar-refractivity contribution is 6.07. The molecular formula is C26H20F4N6O3. The van der Waals surface area contributed by atoms with E-state index in [0.717, 1.165) is 22.9 Å². The monoisotopic (exact) mass is 540 g/mol. The Labute approximate surface area is 217 Å². The smallest absolute Gasteiger partial charge is 0.378 e. The van der Waals surface area contributed by atoms with Gasteiger partial charge in [-0.2, -0.15) is 18.3 Å². The molecule has 1 fully saturated rings. The number of rotatable bonds is 3. The number of hydrogen-bond acceptors (Lipinski definition) is 5. The van der Waals surface area contributed by atoms with Gasteiger partial charge in [0.2, 0.25) is 0 Å². The lowest BCUT2D eigenvalue weighted by atomic mass is 10.0. The molecule has 6 rings (SSSR count). The molecule has 13 heteroatoms. The van der Waals surface area contributed by atoms with Gasteiger partial charge in [-0.25, -0.2) is 14.1 Å². The molecule has 0 saturated carbocycles. The number of hydrogen-bond donors (Lipinski definition) is 1. The second-order valence-electron chi connectivity index (χ2n) is 9.12. The second kappa shape index (κ2) is 9.05. The van der Waals surface area contributed by atoms with Crippen LogP contribution in [-0.2, 0) is 18.0 Å². The van der Waals surface area contributed by atoms with E-state index in [1.165, 1.54) is 40.0 Å². The van der Waals surface area contributed by atoms with Crippen LogP contribution in [0.2, 0.25) is 0 Å². The number of nitrogens with one attached hydrogen (secondary N) is 1. The molecule has 1 N–H and O–H groups in total. The van der Waals surface area contributed by atoms with Crippen LogP contribution in [0.25, 0.3) is 38.9 Å². The van der Waals surface area contributed by atoms with Gasteiger partial charge in [-0.15, -0.1) is 0 Å². The van der Waals surface area contributed by atoms with E-state index in [9.17, 15) is 22.8 Å². The Balaban J connectivity index is 1.52. The number of carbonyl (C=O) groups excluding carboxylic acids is 1. The summed E-state index contributed by atoms with van der Waals surface area (Å²) in [7, 11) is 1.62. The number of fused-ring (bicyclic) bond motifs is 3. The number of aryl methyl sites for hydroxylation is 1. The summed E-state index contributed by atoms with van der Waals surface area (Å²) in [6.07, 6.45) is -3.12. The van der Waals surface area contributed by atoms with Gasteiger partial charge in [0.05, 0.1) is 58.2 Å². The maximum Gasteiger partial charge on any atom is 0.416 e. The number of benzene rings is 2. The largest absolute Gasteiger partial charge is 0.416 e. The Morgan fingerprint density at radius 3 is 2.59 bits per heavy atom. The third kappa shape index (κ3) is 4.14. The summed E-state index contributed by atoms with van der Waals surface area (Å²) in [5.41, 5.74) is -0.878. The zero-order valence-electron chi connectivity index (χ0n) is 20.4. The molecule has 0 aliphatic carbocycles. The van der Waals surface area contributed by atoms with Gasteiger partial charge in [-0.05, 0) is 24.3 Å². The lowest BCUT2D eigenvalue weighted by Gasteiger charge is -2.27. The maximum absolute atomic E-state index is 15.1. The van der Waals surface area contributed by atoms with Crippen LogP contribution in [0, 0.1) is 5.82 Å². The van der Waals surface area contributed by atoms with Crippen molar-refractivity contribution in [3.8, 4) is 16.9 Å². The van der Waals surface area contributed by atoms with Crippen LogP contribution in [0.5, 0.6) is 0 Å². The quantitative estimate of drug-likeness (QED) is 0.350. The molecule has 2 aromatic carbocycles. The first kappa shape index (κ1) is 24.8. The minimum Gasteiger partial charge on any atom is -0.378 e. The van der Waals surface area contributed by atoms with E-state index in [4.69, 9.17) is 4.74 Å². The van der Waals surface area contributed by atoms with Crippen molar-refractivity contribution >= 4 is 27.8 Å². The minimum absolute atomic E-state index is 0.0173. The van der Waals surface area contributed by atoms with Crippen molar-refractivity contribution < 1.29 is 27.1 Å². The normalized spacial score (nSPS) is 14.4. The molecule has 1 aliphatic rings. The first-order valence-corrected chi connectivity index (χ1v) is 11.9. The highest BCUT2D eigenvalue weighted by atomic mass is 19.4. The minimum atomic E-state index is -4.60. The van der Waals surface area contributed by atoms with Crippen molar-refractivity contribution in [3.63, 3.8) is 0 Å². The van der Waals surface area contributed by atoms with Gasteiger partial charge in [0.25, 0.3) is 11.5 Å². The fourth-order valence-electron chi connectivity index (χ4n) is 4.74. The zero-order valence-corrected chi connectivity index (χ0v) is 20.4. The van der Waals surface area contributed by atoms with Gasteiger partial charge in [0.1, 0.15) is 5.82 Å². The third-order valence-electron chi connectivity index (χ3n) is 6.72. The number of morpholine rings is 1. The van der Waals surface area contributed by atoms with Gasteiger partial charge >= 0.3 is 6.18 Å². The first-order valence-electron chi connectivity index (χ1n) is 11.9. The third-order valence-corrected chi connectivity index (χ3v) is 6.72. The Hall–Kier alpha value is -4.52. The molecule has 4 heterocycles. The number of H-pyrrole nitrogens is 1. The molecule has 39 heavy (non-hydrogen) atoms. The van der Waals surface area contributed by atoms with Crippen LogP contribution in [-0.4, -0.2) is 61.7 Å². The number of aromatic amines is 1. The van der Waals surface area contributed by atoms with Gasteiger partial charge in [-0.1, -0.05) is 12.1 Å². The van der Waals surface area contributed by atoms with Crippen molar-refractivity contribution in [1.29, 1.82) is 0 Å². The Bertz CT molecular complexity index is 1810. The van der Waals surface area contributed by atoms with Crippen LogP contribution in [0.4, 0.5) is 17.6 Å². The number of amides is 1. The average Bonchev–Trinajstić information content (AvgIpc) is 3.47. The molecule has 0 unspecified atom stereocenters. The summed E-state index contributed by atoms with van der Waals surface area (Å²) in [4.78, 5) is 32.4. The van der Waals surface area contributed by atoms with Crippen LogP contribution < -0.4 is 5.56 Å². The summed E-state index contributed by atoms with van der Waals surface area (Å²) in [5.74, 6) is -1.31. The average molecular weight is 540 g/mol. The highest BCUT2D eigenvalue weighted by Crippen LogP contribution is 2.35. The molecule has 0 atom stereocenters. The van der Waals surface area contributed by atoms with Crippen molar-refractivity contribution in [1.82, 2.24) is 29.4 Å². The number of nitrogens with zero attached hydrogens (tertiary/aromatic N) is 5. The van der Waals surface area contributed by atoms with Crippen molar-refractivity contribution in [3.05, 3.63) is 76.0 Å². The molecule has 1 amide bonds. The van der Waals surface area contributed by atoms with E-state index in [2.05, 4.69) is 15.2 Å². The predicted molar refractivity (Wildman–Crippen MR) is 133 cm³/mol. The van der Waals surface area contributed by atoms with Gasteiger partial charge in [-0.3, -0.25) is 19.4 Å². The van der Waals surface area contributed by atoms with Gasteiger partial charge in [0.15, 0.2) is 5.65 Å². The molecule has 5 aromatic rings. The number of aromatic nitrogens is 5. The molecule has 200 valence electrons. The van der Waals surface area contributed by atoms with Crippen molar-refractivity contribution in [2.75, 3.05) is 26.3 Å². The number of halogens is 4. The van der Waals surface area contributed by atoms with E-state index in [1.54, 1.807) is 7.05 Å². The fraction of sp³-hybridized carbons (Fsp3) is 0.231. The van der Waals surface area contributed by atoms with Gasteiger partial charge in [0, 0.05) is 31.8 Å². The molecule has 0 bridgehead atoms. The Morgan fingerprint density at radius 1 is 1.10 bits per heavy atom. The van der Waals surface area contributed by atoms with Crippen LogP contribution in [0.15, 0.2) is 53.5 Å². The van der Waals surface area contributed by atoms with Crippen molar-refractivity contribution in [2.24, 2.45) is 7.05 Å². The Morgan fingerprint density at radius 2 is 1.87 bits per heavy atom. The highest BCUT2D eigenvalue weighted by Gasteiger charge is 2.31. The lowest BCUT2D eigenvalue weighted by molar-refractivity contribution is -0.137. The molecule has 1 saturated heterocycles. The second-order valence-corrected chi connectivity index (χ2v) is 9.12. The van der Waals surface area contributed by atoms with Crippen molar-refractivity contribution in [2.45, 2.75) is 6.18 Å². The molecule has 1 aliphatic heterocycles. The van der Waals surface area contributed by atoms with Crippen LogP contribution in [0.1, 0.15) is 15.9 Å². The molecule has 0 spiro atoms. The summed E-state index contributed by atoms with van der Waals surface area (Å²) < 4.78 is 63.2. The van der Waals surface area contributed by atoms with Crippen LogP contribution >= 0.6 is 0 Å². The Kier molecular flexibility index (Phi) is 5.75. The predicted octanol–water partition coefficient (Wildman–Crippen LogP) is 3.90. The van der Waals surface area contributed by atoms with E-state index in [-0.39, 0.29) is 33.4 Å². The topological polar surface area (TPSA) is 98.0 Å². The molecule has 9 nitrogen and oxygen atoms in total. The number of carbonyl (C=O) groups is 1. The number of alkyl halides is 3. The fourth-order valence-corrected chi connectivity index (χ4v) is 4.74. The van der Waals surface area contributed by atoms with E-state index < -0.39 is 29.0 Å². The van der Waals surface area contributed by atoms with Crippen LogP contribution in [0.3, 0.4) is 0 Å². The molecule has 0 radical (unpaired) electrons. The lowest BCUT2D eigenvalue weighted by Crippen LogP contribution is -2.41. The van der Waals surface area contributed by atoms with E-state index in [0.29, 0.717) is 37.3 Å². The summed E-state index contributed by atoms with van der Waals surface area (Å²) in [6, 6.07) is 8.30. The van der Waals surface area contributed by atoms with E-state index in [1.807, 2.05) is 0 Å². The number of pyridine rings is 1. The SMILES string of the molecule is Cn1ncc2c3[nH]n(-c4ccc(C(=O)N5CCOCC5)c(F)c4)c(=O)c3c(-c3cccc(C(F)(F)F)c3)nc21. The standard InChI is InChI=1S/C26H20F4N6O3/c1-34-23-18(13-31-34)22-20(21(32-23)14-3-2-4-15(11-14)26(28,29)30)25(38)36(33-22)16-5-6-17(19(27)12-16)24(37)35-7-9-39-10-8-35/h2-6,11-13,33H,7-10H2,1H3. The summed E-state index contributed by atoms with van der Waals surface area (Å²) in [5, 5.41) is 7.59.